The Bertz CT molecular complexity index is 939. The minimum atomic E-state index is -0.479. The molecular formula is C22H26ClFN4O2. The third-order valence-corrected chi connectivity index (χ3v) is 5.73. The third kappa shape index (κ3) is 4.36. The molecule has 2 aliphatic heterocycles. The molecule has 0 spiro atoms. The molecule has 0 radical (unpaired) electrons. The first kappa shape index (κ1) is 21.9. The number of likely N-dealkylation sites (tertiary alicyclic amines) is 1. The molecular weight excluding hydrogens is 407 g/mol. The lowest BCUT2D eigenvalue weighted by atomic mass is 9.93. The molecule has 2 aliphatic rings. The minimum absolute atomic E-state index is 0. The molecule has 4 rings (SSSR count). The van der Waals surface area contributed by atoms with Crippen LogP contribution in [0.3, 0.4) is 0 Å². The summed E-state index contributed by atoms with van der Waals surface area (Å²) in [6.45, 7) is 1.54. The van der Waals surface area contributed by atoms with E-state index in [4.69, 9.17) is 5.73 Å². The van der Waals surface area contributed by atoms with E-state index in [0.717, 1.165) is 42.6 Å². The van der Waals surface area contributed by atoms with Gasteiger partial charge in [0.05, 0.1) is 11.6 Å². The van der Waals surface area contributed by atoms with Crippen molar-refractivity contribution >= 4 is 41.4 Å². The second-order valence-corrected chi connectivity index (χ2v) is 7.63. The van der Waals surface area contributed by atoms with Gasteiger partial charge in [0.25, 0.3) is 0 Å². The van der Waals surface area contributed by atoms with Crippen LogP contribution in [0.25, 0.3) is 0 Å². The van der Waals surface area contributed by atoms with Crippen LogP contribution in [-0.2, 0) is 11.2 Å². The number of nitrogens with two attached hydrogens (primary N) is 1. The molecule has 3 N–H and O–H groups in total. The number of hydrogen-bond donors (Lipinski definition) is 2. The molecule has 0 saturated carbocycles. The Hall–Kier alpha value is -2.80. The van der Waals surface area contributed by atoms with E-state index >= 15 is 0 Å². The summed E-state index contributed by atoms with van der Waals surface area (Å²) in [4.78, 5) is 29.3. The summed E-state index contributed by atoms with van der Waals surface area (Å²) in [5, 5.41) is 2.61. The highest BCUT2D eigenvalue weighted by Crippen LogP contribution is 2.33. The van der Waals surface area contributed by atoms with Crippen molar-refractivity contribution in [3.05, 3.63) is 53.8 Å². The zero-order valence-corrected chi connectivity index (χ0v) is 17.5. The third-order valence-electron chi connectivity index (χ3n) is 5.73. The van der Waals surface area contributed by atoms with Crippen LogP contribution in [0.2, 0.25) is 0 Å². The number of benzene rings is 2. The number of urea groups is 1. The zero-order valence-electron chi connectivity index (χ0n) is 16.6. The van der Waals surface area contributed by atoms with Crippen molar-refractivity contribution in [1.82, 2.24) is 4.90 Å². The van der Waals surface area contributed by atoms with E-state index in [-0.39, 0.29) is 36.0 Å². The fourth-order valence-corrected chi connectivity index (χ4v) is 4.22. The molecule has 1 saturated heterocycles. The van der Waals surface area contributed by atoms with Crippen LogP contribution in [0, 0.1) is 11.7 Å². The number of nitrogens with zero attached hydrogens (tertiary/aromatic N) is 2. The molecule has 1 unspecified atom stereocenters. The minimum Gasteiger partial charge on any atom is -0.398 e. The number of nitrogen functional groups attached to an aromatic ring is 1. The fourth-order valence-electron chi connectivity index (χ4n) is 4.22. The van der Waals surface area contributed by atoms with Gasteiger partial charge in [-0.05, 0) is 55.5 Å². The van der Waals surface area contributed by atoms with Gasteiger partial charge in [-0.1, -0.05) is 18.2 Å². The fraction of sp³-hybridized carbons (Fsp3) is 0.364. The van der Waals surface area contributed by atoms with Crippen LogP contribution in [0.4, 0.5) is 26.2 Å². The van der Waals surface area contributed by atoms with Gasteiger partial charge in [0, 0.05) is 31.0 Å². The van der Waals surface area contributed by atoms with Crippen LogP contribution in [0.1, 0.15) is 24.8 Å². The van der Waals surface area contributed by atoms with Gasteiger partial charge in [0.2, 0.25) is 5.91 Å². The second kappa shape index (κ2) is 9.34. The lowest BCUT2D eigenvalue weighted by molar-refractivity contribution is -0.123. The first-order valence-corrected chi connectivity index (χ1v) is 10.0. The number of hydrogen-bond acceptors (Lipinski definition) is 3. The molecule has 8 heteroatoms. The summed E-state index contributed by atoms with van der Waals surface area (Å²) in [7, 11) is 0. The summed E-state index contributed by atoms with van der Waals surface area (Å²) in [5.74, 6) is -0.726. The van der Waals surface area contributed by atoms with Crippen LogP contribution >= 0.6 is 12.4 Å². The van der Waals surface area contributed by atoms with E-state index in [1.54, 1.807) is 17.0 Å². The first-order chi connectivity index (χ1) is 14.0. The largest absolute Gasteiger partial charge is 0.398 e. The SMILES string of the molecule is Cl.Nc1cccc2c1CCCN2C(=O)C1CCCN(C(=O)Nc2ccccc2F)C1. The van der Waals surface area contributed by atoms with Gasteiger partial charge in [-0.3, -0.25) is 4.79 Å². The molecule has 1 fully saturated rings. The smallest absolute Gasteiger partial charge is 0.321 e. The van der Waals surface area contributed by atoms with Crippen molar-refractivity contribution in [2.75, 3.05) is 35.6 Å². The molecule has 2 aromatic carbocycles. The Morgan fingerprint density at radius 3 is 2.67 bits per heavy atom. The van der Waals surface area contributed by atoms with Crippen molar-refractivity contribution in [2.45, 2.75) is 25.7 Å². The highest BCUT2D eigenvalue weighted by atomic mass is 35.5. The molecule has 0 aromatic heterocycles. The Balaban J connectivity index is 0.00000256. The summed E-state index contributed by atoms with van der Waals surface area (Å²) in [6, 6.07) is 11.4. The average molecular weight is 433 g/mol. The van der Waals surface area contributed by atoms with Crippen molar-refractivity contribution in [3.63, 3.8) is 0 Å². The molecule has 2 aromatic rings. The number of fused-ring (bicyclic) bond motifs is 1. The summed E-state index contributed by atoms with van der Waals surface area (Å²) >= 11 is 0. The van der Waals surface area contributed by atoms with Crippen molar-refractivity contribution in [2.24, 2.45) is 5.92 Å². The van der Waals surface area contributed by atoms with E-state index in [1.165, 1.54) is 12.1 Å². The number of anilines is 3. The molecule has 3 amide bonds. The second-order valence-electron chi connectivity index (χ2n) is 7.63. The highest BCUT2D eigenvalue weighted by molar-refractivity contribution is 5.98. The summed E-state index contributed by atoms with van der Waals surface area (Å²) in [5.41, 5.74) is 8.87. The predicted octanol–water partition coefficient (Wildman–Crippen LogP) is 4.05. The lowest BCUT2D eigenvalue weighted by Crippen LogP contribution is -2.49. The van der Waals surface area contributed by atoms with Crippen LogP contribution < -0.4 is 16.0 Å². The normalized spacial score (nSPS) is 18.2. The van der Waals surface area contributed by atoms with Gasteiger partial charge in [-0.25, -0.2) is 9.18 Å². The van der Waals surface area contributed by atoms with Crippen molar-refractivity contribution in [3.8, 4) is 0 Å². The number of piperidine rings is 1. The van der Waals surface area contributed by atoms with E-state index in [0.29, 0.717) is 19.6 Å². The van der Waals surface area contributed by atoms with Gasteiger partial charge in [0.1, 0.15) is 5.82 Å². The molecule has 0 aliphatic carbocycles. The van der Waals surface area contributed by atoms with Crippen LogP contribution in [0.15, 0.2) is 42.5 Å². The van der Waals surface area contributed by atoms with Gasteiger partial charge in [0.15, 0.2) is 0 Å². The number of nitrogens with one attached hydrogen (secondary N) is 1. The number of carbonyl (C=O) groups is 2. The van der Waals surface area contributed by atoms with Gasteiger partial charge >= 0.3 is 6.03 Å². The van der Waals surface area contributed by atoms with Gasteiger partial charge < -0.3 is 20.9 Å². The molecule has 6 nitrogen and oxygen atoms in total. The molecule has 30 heavy (non-hydrogen) atoms. The van der Waals surface area contributed by atoms with Crippen LogP contribution in [-0.4, -0.2) is 36.5 Å². The standard InChI is InChI=1S/C22H25FN4O2.ClH/c23-17-8-1-2-10-19(17)25-22(29)26-12-4-6-15(14-26)21(28)27-13-5-7-16-18(24)9-3-11-20(16)27;/h1-3,8-11,15H,4-7,12-14,24H2,(H,25,29);1H. The summed E-state index contributed by atoms with van der Waals surface area (Å²) < 4.78 is 13.8. The molecule has 1 atom stereocenters. The maximum absolute atomic E-state index is 13.8. The first-order valence-electron chi connectivity index (χ1n) is 10.0. The number of carbonyl (C=O) groups excluding carboxylic acids is 2. The van der Waals surface area contributed by atoms with Gasteiger partial charge in [-0.15, -0.1) is 12.4 Å². The summed E-state index contributed by atoms with van der Waals surface area (Å²) in [6.07, 6.45) is 3.21. The number of amides is 3. The highest BCUT2D eigenvalue weighted by Gasteiger charge is 2.33. The Morgan fingerprint density at radius 1 is 1.07 bits per heavy atom. The van der Waals surface area contributed by atoms with E-state index in [2.05, 4.69) is 5.32 Å². The molecule has 2 heterocycles. The Kier molecular flexibility index (Phi) is 6.82. The zero-order chi connectivity index (χ0) is 20.4. The molecule has 0 bridgehead atoms. The average Bonchev–Trinajstić information content (AvgIpc) is 2.75. The molecule has 160 valence electrons. The van der Waals surface area contributed by atoms with E-state index < -0.39 is 5.82 Å². The maximum Gasteiger partial charge on any atom is 0.321 e. The predicted molar refractivity (Wildman–Crippen MR) is 118 cm³/mol. The van der Waals surface area contributed by atoms with Crippen molar-refractivity contribution < 1.29 is 14.0 Å². The monoisotopic (exact) mass is 432 g/mol. The van der Waals surface area contributed by atoms with E-state index in [1.807, 2.05) is 23.1 Å². The maximum atomic E-state index is 13.8. The number of rotatable bonds is 2. The Morgan fingerprint density at radius 2 is 1.87 bits per heavy atom. The van der Waals surface area contributed by atoms with Crippen molar-refractivity contribution in [1.29, 1.82) is 0 Å². The van der Waals surface area contributed by atoms with Gasteiger partial charge in [-0.2, -0.15) is 0 Å². The Labute approximate surface area is 181 Å². The topological polar surface area (TPSA) is 78.7 Å². The quantitative estimate of drug-likeness (QED) is 0.702. The van der Waals surface area contributed by atoms with Crippen LogP contribution in [0.5, 0.6) is 0 Å². The number of para-hydroxylation sites is 1. The van der Waals surface area contributed by atoms with E-state index in [9.17, 15) is 14.0 Å². The number of halogens is 2. The lowest BCUT2D eigenvalue weighted by Gasteiger charge is -2.37.